The van der Waals surface area contributed by atoms with Crippen LogP contribution in [0, 0.1) is 15.9 Å². The maximum Gasteiger partial charge on any atom is 0.274 e. The topological polar surface area (TPSA) is 58.4 Å². The Balaban J connectivity index is 2.24. The van der Waals surface area contributed by atoms with Crippen LogP contribution in [0.15, 0.2) is 18.2 Å². The summed E-state index contributed by atoms with van der Waals surface area (Å²) in [4.78, 5) is 12.4. The van der Waals surface area contributed by atoms with Crippen LogP contribution in [0.5, 0.6) is 0 Å². The summed E-state index contributed by atoms with van der Waals surface area (Å²) in [7, 11) is 1.90. The Bertz CT molecular complexity index is 481. The fraction of sp³-hybridized carbons (Fsp3) is 0.571. The summed E-state index contributed by atoms with van der Waals surface area (Å²) in [5, 5.41) is 14.0. The zero-order valence-electron chi connectivity index (χ0n) is 11.6. The lowest BCUT2D eigenvalue weighted by Gasteiger charge is -2.37. The molecule has 110 valence electrons. The molecular weight excluding hydrogens is 261 g/mol. The molecule has 5 nitrogen and oxygen atoms in total. The van der Waals surface area contributed by atoms with Gasteiger partial charge in [0.15, 0.2) is 0 Å². The third-order valence-corrected chi connectivity index (χ3v) is 3.76. The molecule has 0 aliphatic carbocycles. The van der Waals surface area contributed by atoms with Crippen molar-refractivity contribution in [1.82, 2.24) is 5.32 Å². The van der Waals surface area contributed by atoms with Crippen molar-refractivity contribution in [2.24, 2.45) is 0 Å². The molecule has 1 saturated heterocycles. The number of hydrogen-bond acceptors (Lipinski definition) is 4. The van der Waals surface area contributed by atoms with Crippen LogP contribution >= 0.6 is 0 Å². The SMILES string of the molecule is CNCCC1CCCCN1c1cc(F)cc([N+](=O)[O-])c1. The van der Waals surface area contributed by atoms with Gasteiger partial charge >= 0.3 is 0 Å². The van der Waals surface area contributed by atoms with Crippen LogP contribution in [0.3, 0.4) is 0 Å². The van der Waals surface area contributed by atoms with Gasteiger partial charge in [-0.1, -0.05) is 0 Å². The molecule has 1 unspecified atom stereocenters. The van der Waals surface area contributed by atoms with Gasteiger partial charge in [-0.15, -0.1) is 0 Å². The van der Waals surface area contributed by atoms with E-state index in [9.17, 15) is 14.5 Å². The van der Waals surface area contributed by atoms with Gasteiger partial charge in [0, 0.05) is 24.3 Å². The highest BCUT2D eigenvalue weighted by atomic mass is 19.1. The molecule has 1 N–H and O–H groups in total. The third kappa shape index (κ3) is 3.45. The maximum absolute atomic E-state index is 13.6. The Labute approximate surface area is 117 Å². The van der Waals surface area contributed by atoms with Crippen molar-refractivity contribution in [1.29, 1.82) is 0 Å². The van der Waals surface area contributed by atoms with Crippen LogP contribution in [0.1, 0.15) is 25.7 Å². The zero-order chi connectivity index (χ0) is 14.5. The predicted molar refractivity (Wildman–Crippen MR) is 76.6 cm³/mol. The van der Waals surface area contributed by atoms with Gasteiger partial charge in [0.05, 0.1) is 11.0 Å². The van der Waals surface area contributed by atoms with Crippen LogP contribution in [-0.4, -0.2) is 31.1 Å². The molecule has 1 aromatic carbocycles. The van der Waals surface area contributed by atoms with E-state index in [0.29, 0.717) is 11.7 Å². The van der Waals surface area contributed by atoms with E-state index >= 15 is 0 Å². The number of hydrogen-bond donors (Lipinski definition) is 1. The summed E-state index contributed by atoms with van der Waals surface area (Å²) in [6, 6.07) is 4.15. The van der Waals surface area contributed by atoms with Crippen molar-refractivity contribution < 1.29 is 9.31 Å². The minimum atomic E-state index is -0.549. The molecule has 6 heteroatoms. The van der Waals surface area contributed by atoms with Gasteiger partial charge < -0.3 is 10.2 Å². The summed E-state index contributed by atoms with van der Waals surface area (Å²) in [5.41, 5.74) is 0.440. The Kier molecular flexibility index (Phi) is 4.89. The lowest BCUT2D eigenvalue weighted by Crippen LogP contribution is -2.41. The largest absolute Gasteiger partial charge is 0.368 e. The van der Waals surface area contributed by atoms with Crippen molar-refractivity contribution in [3.63, 3.8) is 0 Å². The van der Waals surface area contributed by atoms with E-state index in [2.05, 4.69) is 10.2 Å². The lowest BCUT2D eigenvalue weighted by atomic mass is 9.98. The standard InChI is InChI=1S/C14H20FN3O2/c1-16-6-5-12-4-2-3-7-17(12)13-8-11(15)9-14(10-13)18(19)20/h8-10,12,16H,2-7H2,1H3. The Morgan fingerprint density at radius 2 is 2.25 bits per heavy atom. The van der Waals surface area contributed by atoms with Crippen molar-refractivity contribution in [2.45, 2.75) is 31.7 Å². The van der Waals surface area contributed by atoms with E-state index in [0.717, 1.165) is 44.8 Å². The number of non-ortho nitro benzene ring substituents is 1. The molecule has 1 fully saturated rings. The fourth-order valence-electron chi connectivity index (χ4n) is 2.78. The monoisotopic (exact) mass is 281 g/mol. The zero-order valence-corrected chi connectivity index (χ0v) is 11.6. The van der Waals surface area contributed by atoms with Crippen LogP contribution < -0.4 is 10.2 Å². The molecule has 0 spiro atoms. The quantitative estimate of drug-likeness (QED) is 0.666. The molecule has 1 aliphatic rings. The van der Waals surface area contributed by atoms with Gasteiger partial charge in [0.1, 0.15) is 5.82 Å². The number of nitrogens with one attached hydrogen (secondary N) is 1. The lowest BCUT2D eigenvalue weighted by molar-refractivity contribution is -0.385. The molecule has 0 radical (unpaired) electrons. The first kappa shape index (κ1) is 14.7. The number of piperidine rings is 1. The fourth-order valence-corrected chi connectivity index (χ4v) is 2.78. The molecule has 0 amide bonds. The molecule has 0 aromatic heterocycles. The van der Waals surface area contributed by atoms with E-state index in [1.165, 1.54) is 12.1 Å². The minimum absolute atomic E-state index is 0.182. The first-order valence-corrected chi connectivity index (χ1v) is 6.98. The Hall–Kier alpha value is -1.69. The normalized spacial score (nSPS) is 19.1. The molecule has 20 heavy (non-hydrogen) atoms. The van der Waals surface area contributed by atoms with E-state index in [-0.39, 0.29) is 5.69 Å². The average Bonchev–Trinajstić information content (AvgIpc) is 2.44. The van der Waals surface area contributed by atoms with Crippen LogP contribution in [-0.2, 0) is 0 Å². The summed E-state index contributed by atoms with van der Waals surface area (Å²) < 4.78 is 13.6. The molecule has 0 saturated carbocycles. The number of benzene rings is 1. The number of nitro benzene ring substituents is 1. The summed E-state index contributed by atoms with van der Waals surface area (Å²) in [6.45, 7) is 1.72. The summed E-state index contributed by atoms with van der Waals surface area (Å²) >= 11 is 0. The second-order valence-corrected chi connectivity index (χ2v) is 5.16. The summed E-state index contributed by atoms with van der Waals surface area (Å²) in [5.74, 6) is -0.549. The van der Waals surface area contributed by atoms with Crippen molar-refractivity contribution in [2.75, 3.05) is 25.0 Å². The van der Waals surface area contributed by atoms with Gasteiger partial charge in [-0.3, -0.25) is 10.1 Å². The maximum atomic E-state index is 13.6. The second-order valence-electron chi connectivity index (χ2n) is 5.16. The van der Waals surface area contributed by atoms with Crippen LogP contribution in [0.4, 0.5) is 15.8 Å². The van der Waals surface area contributed by atoms with Crippen LogP contribution in [0.2, 0.25) is 0 Å². The highest BCUT2D eigenvalue weighted by Gasteiger charge is 2.24. The minimum Gasteiger partial charge on any atom is -0.368 e. The van der Waals surface area contributed by atoms with Crippen molar-refractivity contribution >= 4 is 11.4 Å². The first-order chi connectivity index (χ1) is 9.61. The molecular formula is C14H20FN3O2. The molecule has 1 aromatic rings. The van der Waals surface area contributed by atoms with Gasteiger partial charge in [-0.25, -0.2) is 4.39 Å². The number of halogens is 1. The van der Waals surface area contributed by atoms with Gasteiger partial charge in [-0.2, -0.15) is 0 Å². The van der Waals surface area contributed by atoms with Crippen molar-refractivity contribution in [3.05, 3.63) is 34.1 Å². The van der Waals surface area contributed by atoms with Crippen LogP contribution in [0.25, 0.3) is 0 Å². The van der Waals surface area contributed by atoms with E-state index in [1.807, 2.05) is 7.05 Å². The molecule has 2 rings (SSSR count). The van der Waals surface area contributed by atoms with E-state index in [1.54, 1.807) is 0 Å². The Morgan fingerprint density at radius 3 is 2.95 bits per heavy atom. The molecule has 1 heterocycles. The van der Waals surface area contributed by atoms with E-state index in [4.69, 9.17) is 0 Å². The highest BCUT2D eigenvalue weighted by Crippen LogP contribution is 2.30. The average molecular weight is 281 g/mol. The van der Waals surface area contributed by atoms with Gasteiger partial charge in [-0.05, 0) is 45.3 Å². The Morgan fingerprint density at radius 1 is 1.45 bits per heavy atom. The van der Waals surface area contributed by atoms with Gasteiger partial charge in [0.2, 0.25) is 0 Å². The van der Waals surface area contributed by atoms with Crippen molar-refractivity contribution in [3.8, 4) is 0 Å². The first-order valence-electron chi connectivity index (χ1n) is 6.98. The third-order valence-electron chi connectivity index (χ3n) is 3.76. The highest BCUT2D eigenvalue weighted by molar-refractivity contribution is 5.54. The number of nitro groups is 1. The number of anilines is 1. The molecule has 1 atom stereocenters. The van der Waals surface area contributed by atoms with E-state index < -0.39 is 10.7 Å². The molecule has 0 bridgehead atoms. The second kappa shape index (κ2) is 6.65. The predicted octanol–water partition coefficient (Wildman–Crippen LogP) is 2.70. The summed E-state index contributed by atoms with van der Waals surface area (Å²) in [6.07, 6.45) is 4.20. The number of rotatable bonds is 5. The number of nitrogens with zero attached hydrogens (tertiary/aromatic N) is 2. The van der Waals surface area contributed by atoms with Gasteiger partial charge in [0.25, 0.3) is 5.69 Å². The smallest absolute Gasteiger partial charge is 0.274 e. The molecule has 1 aliphatic heterocycles.